The smallest absolute Gasteiger partial charge is 0.103 e. The van der Waals surface area contributed by atoms with E-state index in [0.717, 1.165) is 28.7 Å². The zero-order valence-corrected chi connectivity index (χ0v) is 14.0. The first-order chi connectivity index (χ1) is 9.62. The molecule has 20 heavy (non-hydrogen) atoms. The highest BCUT2D eigenvalue weighted by Crippen LogP contribution is 2.24. The summed E-state index contributed by atoms with van der Waals surface area (Å²) < 4.78 is 3.04. The number of benzene rings is 1. The van der Waals surface area contributed by atoms with Crippen molar-refractivity contribution in [2.24, 2.45) is 0 Å². The molecule has 108 valence electrons. The Morgan fingerprint density at radius 3 is 2.65 bits per heavy atom. The summed E-state index contributed by atoms with van der Waals surface area (Å²) in [5, 5.41) is 12.0. The molecular weight excluding hydrogens is 316 g/mol. The minimum absolute atomic E-state index is 0.257. The second-order valence-corrected chi connectivity index (χ2v) is 5.72. The molecule has 2 aromatic rings. The molecule has 0 fully saturated rings. The Hall–Kier alpha value is -1.20. The van der Waals surface area contributed by atoms with Crippen LogP contribution in [0.2, 0.25) is 0 Å². The van der Waals surface area contributed by atoms with Crippen LogP contribution in [0.1, 0.15) is 43.3 Å². The molecule has 2 rings (SSSR count). The monoisotopic (exact) mass is 336 g/mol. The number of nitrogens with one attached hydrogen (secondary N) is 1. The zero-order chi connectivity index (χ0) is 14.7. The summed E-state index contributed by atoms with van der Waals surface area (Å²) in [5.74, 6) is 0. The van der Waals surface area contributed by atoms with Crippen LogP contribution >= 0.6 is 15.9 Å². The van der Waals surface area contributed by atoms with Gasteiger partial charge in [0.2, 0.25) is 0 Å². The van der Waals surface area contributed by atoms with Gasteiger partial charge < -0.3 is 5.32 Å². The number of nitrogens with zero attached hydrogens (tertiary/aromatic N) is 3. The Morgan fingerprint density at radius 1 is 1.35 bits per heavy atom. The fourth-order valence-corrected chi connectivity index (χ4v) is 2.74. The van der Waals surface area contributed by atoms with Gasteiger partial charge in [0, 0.05) is 4.47 Å². The number of hydrogen-bond donors (Lipinski definition) is 1. The molecular formula is C15H21BrN4. The Bertz CT molecular complexity index is 588. The third-order valence-corrected chi connectivity index (χ3v) is 4.47. The minimum atomic E-state index is 0.257. The fraction of sp³-hybridized carbons (Fsp3) is 0.467. The highest BCUT2D eigenvalue weighted by atomic mass is 79.9. The lowest BCUT2D eigenvalue weighted by Crippen LogP contribution is -2.17. The van der Waals surface area contributed by atoms with Crippen molar-refractivity contribution in [3.63, 3.8) is 0 Å². The molecule has 1 aromatic heterocycles. The molecule has 0 radical (unpaired) electrons. The molecule has 0 bridgehead atoms. The maximum Gasteiger partial charge on any atom is 0.103 e. The topological polar surface area (TPSA) is 42.7 Å². The molecule has 4 nitrogen and oxygen atoms in total. The third kappa shape index (κ3) is 2.79. The van der Waals surface area contributed by atoms with Crippen molar-refractivity contribution in [1.29, 1.82) is 0 Å². The Labute approximate surface area is 128 Å². The molecule has 0 amide bonds. The summed E-state index contributed by atoms with van der Waals surface area (Å²) in [7, 11) is 1.97. The summed E-state index contributed by atoms with van der Waals surface area (Å²) in [6.45, 7) is 6.38. The summed E-state index contributed by atoms with van der Waals surface area (Å²) in [5.41, 5.74) is 4.48. The lowest BCUT2D eigenvalue weighted by molar-refractivity contribution is 0.555. The molecule has 1 aromatic carbocycles. The minimum Gasteiger partial charge on any atom is -0.312 e. The molecule has 1 atom stereocenters. The Morgan fingerprint density at radius 2 is 2.10 bits per heavy atom. The predicted octanol–water partition coefficient (Wildman–Crippen LogP) is 3.57. The summed E-state index contributed by atoms with van der Waals surface area (Å²) in [6.07, 6.45) is 1.91. The van der Waals surface area contributed by atoms with Crippen molar-refractivity contribution >= 4 is 15.9 Å². The van der Waals surface area contributed by atoms with E-state index in [1.54, 1.807) is 0 Å². The van der Waals surface area contributed by atoms with Crippen molar-refractivity contribution < 1.29 is 0 Å². The van der Waals surface area contributed by atoms with E-state index in [1.165, 1.54) is 11.3 Å². The molecule has 1 heterocycles. The molecule has 0 saturated heterocycles. The predicted molar refractivity (Wildman–Crippen MR) is 85.3 cm³/mol. The summed E-state index contributed by atoms with van der Waals surface area (Å²) in [6, 6.07) is 6.52. The van der Waals surface area contributed by atoms with Gasteiger partial charge in [-0.3, -0.25) is 0 Å². The van der Waals surface area contributed by atoms with Crippen molar-refractivity contribution in [2.45, 2.75) is 39.7 Å². The first-order valence-electron chi connectivity index (χ1n) is 7.00. The molecule has 0 aliphatic rings. The second-order valence-electron chi connectivity index (χ2n) is 4.87. The van der Waals surface area contributed by atoms with E-state index in [9.17, 15) is 0 Å². The largest absolute Gasteiger partial charge is 0.312 e. The van der Waals surface area contributed by atoms with E-state index in [-0.39, 0.29) is 6.04 Å². The lowest BCUT2D eigenvalue weighted by atomic mass is 10.1. The van der Waals surface area contributed by atoms with Crippen LogP contribution < -0.4 is 5.32 Å². The highest BCUT2D eigenvalue weighted by Gasteiger charge is 2.19. The molecule has 5 heteroatoms. The highest BCUT2D eigenvalue weighted by molar-refractivity contribution is 9.10. The zero-order valence-electron chi connectivity index (χ0n) is 12.4. The summed E-state index contributed by atoms with van der Waals surface area (Å²) >= 11 is 3.58. The molecule has 0 aliphatic carbocycles. The quantitative estimate of drug-likeness (QED) is 0.907. The van der Waals surface area contributed by atoms with Crippen LogP contribution in [-0.4, -0.2) is 22.0 Å². The van der Waals surface area contributed by atoms with Gasteiger partial charge in [0.1, 0.15) is 5.69 Å². The van der Waals surface area contributed by atoms with Gasteiger partial charge in [-0.1, -0.05) is 41.1 Å². The van der Waals surface area contributed by atoms with Gasteiger partial charge in [0.15, 0.2) is 0 Å². The lowest BCUT2D eigenvalue weighted by Gasteiger charge is -2.13. The normalized spacial score (nSPS) is 12.7. The van der Waals surface area contributed by atoms with Gasteiger partial charge in [-0.2, -0.15) is 0 Å². The van der Waals surface area contributed by atoms with Crippen LogP contribution in [0, 0.1) is 6.92 Å². The van der Waals surface area contributed by atoms with Gasteiger partial charge in [-0.15, -0.1) is 5.10 Å². The van der Waals surface area contributed by atoms with Crippen molar-refractivity contribution in [3.8, 4) is 5.69 Å². The second kappa shape index (κ2) is 6.50. The third-order valence-electron chi connectivity index (χ3n) is 3.61. The standard InChI is InChI=1S/C15H21BrN4/c1-5-13(17-4)15-14(6-2)20(19-18-15)11-8-7-10(3)12(16)9-11/h7-9,13,17H,5-6H2,1-4H3. The fourth-order valence-electron chi connectivity index (χ4n) is 2.37. The number of aryl methyl sites for hydroxylation is 1. The SMILES string of the molecule is CCc1c(C(CC)NC)nnn1-c1ccc(C)c(Br)c1. The molecule has 0 saturated carbocycles. The molecule has 1 unspecified atom stereocenters. The Kier molecular flexibility index (Phi) is 4.94. The van der Waals surface area contributed by atoms with E-state index in [2.05, 4.69) is 70.5 Å². The maximum atomic E-state index is 4.39. The number of hydrogen-bond acceptors (Lipinski definition) is 3. The van der Waals surface area contributed by atoms with Crippen LogP contribution in [0.5, 0.6) is 0 Å². The van der Waals surface area contributed by atoms with Crippen molar-refractivity contribution in [3.05, 3.63) is 39.6 Å². The maximum absolute atomic E-state index is 4.39. The van der Waals surface area contributed by atoms with E-state index < -0.39 is 0 Å². The van der Waals surface area contributed by atoms with Crippen LogP contribution in [0.25, 0.3) is 5.69 Å². The van der Waals surface area contributed by atoms with Gasteiger partial charge in [-0.05, 0) is 44.5 Å². The van der Waals surface area contributed by atoms with Crippen LogP contribution in [-0.2, 0) is 6.42 Å². The molecule has 0 spiro atoms. The number of halogens is 1. The van der Waals surface area contributed by atoms with E-state index >= 15 is 0 Å². The van der Waals surface area contributed by atoms with Crippen LogP contribution in [0.3, 0.4) is 0 Å². The van der Waals surface area contributed by atoms with E-state index in [0.29, 0.717) is 0 Å². The number of aromatic nitrogens is 3. The van der Waals surface area contributed by atoms with Crippen molar-refractivity contribution in [2.75, 3.05) is 7.05 Å². The first-order valence-corrected chi connectivity index (χ1v) is 7.79. The van der Waals surface area contributed by atoms with E-state index in [4.69, 9.17) is 0 Å². The Balaban J connectivity index is 2.49. The van der Waals surface area contributed by atoms with Crippen LogP contribution in [0.15, 0.2) is 22.7 Å². The summed E-state index contributed by atoms with van der Waals surface area (Å²) in [4.78, 5) is 0. The average Bonchev–Trinajstić information content (AvgIpc) is 2.87. The van der Waals surface area contributed by atoms with E-state index in [1.807, 2.05) is 11.7 Å². The molecule has 0 aliphatic heterocycles. The number of rotatable bonds is 5. The van der Waals surface area contributed by atoms with Gasteiger partial charge >= 0.3 is 0 Å². The average molecular weight is 337 g/mol. The van der Waals surface area contributed by atoms with Gasteiger partial charge in [-0.25, -0.2) is 4.68 Å². The van der Waals surface area contributed by atoms with Gasteiger partial charge in [0.05, 0.1) is 17.4 Å². The van der Waals surface area contributed by atoms with Crippen molar-refractivity contribution in [1.82, 2.24) is 20.3 Å². The molecule has 1 N–H and O–H groups in total. The van der Waals surface area contributed by atoms with Crippen LogP contribution in [0.4, 0.5) is 0 Å². The first kappa shape index (κ1) is 15.2. The van der Waals surface area contributed by atoms with Gasteiger partial charge in [0.25, 0.3) is 0 Å².